The highest BCUT2D eigenvalue weighted by Gasteiger charge is 2.13. The van der Waals surface area contributed by atoms with Crippen molar-refractivity contribution in [2.24, 2.45) is 0 Å². The summed E-state index contributed by atoms with van der Waals surface area (Å²) in [6, 6.07) is 11.6. The number of carbonyl (C=O) groups excluding carboxylic acids is 1. The molecule has 1 N–H and O–H groups in total. The van der Waals surface area contributed by atoms with Crippen molar-refractivity contribution in [1.29, 1.82) is 0 Å². The molecule has 2 rings (SSSR count). The number of carbonyl (C=O) groups is 1. The lowest BCUT2D eigenvalue weighted by Gasteiger charge is -2.17. The number of hydrogen-bond acceptors (Lipinski definition) is 4. The average Bonchev–Trinajstić information content (AvgIpc) is 2.63. The fourth-order valence-corrected chi connectivity index (χ4v) is 3.09. The van der Waals surface area contributed by atoms with E-state index in [9.17, 15) is 9.18 Å². The van der Waals surface area contributed by atoms with Crippen LogP contribution in [0.2, 0.25) is 0 Å². The Morgan fingerprint density at radius 3 is 2.38 bits per heavy atom. The number of halogens is 1. The van der Waals surface area contributed by atoms with Gasteiger partial charge in [0.05, 0.1) is 25.0 Å². The molecule has 0 aliphatic heterocycles. The fraction of sp³-hybridized carbons (Fsp3) is 0.350. The van der Waals surface area contributed by atoms with Gasteiger partial charge in [0.2, 0.25) is 5.91 Å². The maximum Gasteiger partial charge on any atom is 0.230 e. The number of hydrogen-bond donors (Lipinski definition) is 1. The Labute approximate surface area is 158 Å². The topological polar surface area (TPSA) is 47.6 Å². The maximum atomic E-state index is 12.9. The highest BCUT2D eigenvalue weighted by atomic mass is 32.2. The molecule has 1 atom stereocenters. The SMILES string of the molecule is CCOc1ccc([C@@H](C)NC(=O)CSc2ccc(F)cc2)cc1OCC. The zero-order chi connectivity index (χ0) is 18.9. The average molecular weight is 377 g/mol. The summed E-state index contributed by atoms with van der Waals surface area (Å²) in [6.07, 6.45) is 0. The molecule has 0 radical (unpaired) electrons. The van der Waals surface area contributed by atoms with Crippen molar-refractivity contribution in [2.75, 3.05) is 19.0 Å². The van der Waals surface area contributed by atoms with Gasteiger partial charge in [0.25, 0.3) is 0 Å². The standard InChI is InChI=1S/C20H24FNO3S/c1-4-24-18-11-6-15(12-19(18)25-5-2)14(3)22-20(23)13-26-17-9-7-16(21)8-10-17/h6-12,14H,4-5,13H2,1-3H3,(H,22,23)/t14-/m1/s1. The summed E-state index contributed by atoms with van der Waals surface area (Å²) < 4.78 is 24.1. The first-order valence-electron chi connectivity index (χ1n) is 8.60. The van der Waals surface area contributed by atoms with Gasteiger partial charge in [0, 0.05) is 4.90 Å². The Morgan fingerprint density at radius 2 is 1.73 bits per heavy atom. The minimum atomic E-state index is -0.284. The van der Waals surface area contributed by atoms with Crippen molar-refractivity contribution in [2.45, 2.75) is 31.7 Å². The molecular formula is C20H24FNO3S. The largest absolute Gasteiger partial charge is 0.490 e. The minimum absolute atomic E-state index is 0.0846. The Kier molecular flexibility index (Phi) is 7.78. The van der Waals surface area contributed by atoms with Crippen molar-refractivity contribution in [3.63, 3.8) is 0 Å². The van der Waals surface area contributed by atoms with Gasteiger partial charge in [0.1, 0.15) is 5.82 Å². The van der Waals surface area contributed by atoms with Crippen molar-refractivity contribution < 1.29 is 18.7 Å². The second-order valence-corrected chi connectivity index (χ2v) is 6.65. The summed E-state index contributed by atoms with van der Waals surface area (Å²) >= 11 is 1.37. The molecule has 2 aromatic rings. The lowest BCUT2D eigenvalue weighted by molar-refractivity contribution is -0.119. The zero-order valence-electron chi connectivity index (χ0n) is 15.3. The number of thioether (sulfide) groups is 1. The third-order valence-corrected chi connectivity index (χ3v) is 4.64. The predicted molar refractivity (Wildman–Crippen MR) is 102 cm³/mol. The molecule has 0 fully saturated rings. The lowest BCUT2D eigenvalue weighted by Crippen LogP contribution is -2.28. The molecule has 140 valence electrons. The molecule has 0 heterocycles. The number of amides is 1. The highest BCUT2D eigenvalue weighted by molar-refractivity contribution is 8.00. The summed E-state index contributed by atoms with van der Waals surface area (Å²) in [7, 11) is 0. The number of nitrogens with one attached hydrogen (secondary N) is 1. The molecule has 4 nitrogen and oxygen atoms in total. The van der Waals surface area contributed by atoms with Crippen molar-refractivity contribution in [3.05, 3.63) is 53.8 Å². The van der Waals surface area contributed by atoms with E-state index in [2.05, 4.69) is 5.32 Å². The molecule has 0 aromatic heterocycles. The molecule has 6 heteroatoms. The van der Waals surface area contributed by atoms with Gasteiger partial charge >= 0.3 is 0 Å². The number of benzene rings is 2. The Hall–Kier alpha value is -2.21. The molecule has 2 aromatic carbocycles. The Balaban J connectivity index is 1.95. The highest BCUT2D eigenvalue weighted by Crippen LogP contribution is 2.30. The van der Waals surface area contributed by atoms with Crippen LogP contribution >= 0.6 is 11.8 Å². The Morgan fingerprint density at radius 1 is 1.08 bits per heavy atom. The number of rotatable bonds is 9. The van der Waals surface area contributed by atoms with E-state index < -0.39 is 0 Å². The molecule has 0 unspecified atom stereocenters. The molecule has 0 bridgehead atoms. The maximum absolute atomic E-state index is 12.9. The normalized spacial score (nSPS) is 11.7. The van der Waals surface area contributed by atoms with Crippen LogP contribution in [0.4, 0.5) is 4.39 Å². The summed E-state index contributed by atoms with van der Waals surface area (Å²) in [5.41, 5.74) is 0.942. The van der Waals surface area contributed by atoms with Crippen LogP contribution in [0.15, 0.2) is 47.4 Å². The Bertz CT molecular complexity index is 721. The van der Waals surface area contributed by atoms with Gasteiger partial charge in [-0.2, -0.15) is 0 Å². The van der Waals surface area contributed by atoms with Crippen molar-refractivity contribution in [3.8, 4) is 11.5 Å². The summed E-state index contributed by atoms with van der Waals surface area (Å²) in [4.78, 5) is 13.0. The molecular weight excluding hydrogens is 353 g/mol. The van der Waals surface area contributed by atoms with Crippen molar-refractivity contribution in [1.82, 2.24) is 5.32 Å². The van der Waals surface area contributed by atoms with Crippen LogP contribution in [0.3, 0.4) is 0 Å². The van der Waals surface area contributed by atoms with Crippen LogP contribution in [-0.4, -0.2) is 24.9 Å². The summed E-state index contributed by atoms with van der Waals surface area (Å²) in [6.45, 7) is 6.86. The van der Waals surface area contributed by atoms with Gasteiger partial charge in [-0.1, -0.05) is 6.07 Å². The summed E-state index contributed by atoms with van der Waals surface area (Å²) in [5, 5.41) is 2.97. The van der Waals surface area contributed by atoms with Crippen LogP contribution in [0, 0.1) is 5.82 Å². The predicted octanol–water partition coefficient (Wildman–Crippen LogP) is 4.59. The molecule has 0 aliphatic carbocycles. The van der Waals surface area contributed by atoms with E-state index in [1.54, 1.807) is 12.1 Å². The third-order valence-electron chi connectivity index (χ3n) is 3.63. The van der Waals surface area contributed by atoms with E-state index in [1.165, 1.54) is 23.9 Å². The van der Waals surface area contributed by atoms with Crippen LogP contribution < -0.4 is 14.8 Å². The third kappa shape index (κ3) is 5.95. The van der Waals surface area contributed by atoms with E-state index >= 15 is 0 Å². The van der Waals surface area contributed by atoms with Crippen LogP contribution in [0.1, 0.15) is 32.4 Å². The van der Waals surface area contributed by atoms with Gasteiger partial charge < -0.3 is 14.8 Å². The molecule has 1 amide bonds. The molecule has 0 spiro atoms. The van der Waals surface area contributed by atoms with Crippen LogP contribution in [0.5, 0.6) is 11.5 Å². The first-order valence-corrected chi connectivity index (χ1v) is 9.59. The van der Waals surface area contributed by atoms with Crippen molar-refractivity contribution >= 4 is 17.7 Å². The zero-order valence-corrected chi connectivity index (χ0v) is 16.1. The second kappa shape index (κ2) is 10.1. The van der Waals surface area contributed by atoms with Gasteiger partial charge in [-0.05, 0) is 62.7 Å². The van der Waals surface area contributed by atoms with Crippen LogP contribution in [0.25, 0.3) is 0 Å². The smallest absolute Gasteiger partial charge is 0.230 e. The van der Waals surface area contributed by atoms with Gasteiger partial charge in [-0.25, -0.2) is 4.39 Å². The van der Waals surface area contributed by atoms with E-state index in [4.69, 9.17) is 9.47 Å². The molecule has 0 saturated carbocycles. The van der Waals surface area contributed by atoms with E-state index in [1.807, 2.05) is 39.0 Å². The van der Waals surface area contributed by atoms with E-state index in [0.717, 1.165) is 10.5 Å². The molecule has 0 aliphatic rings. The van der Waals surface area contributed by atoms with E-state index in [-0.39, 0.29) is 23.5 Å². The van der Waals surface area contributed by atoms with Gasteiger partial charge in [0.15, 0.2) is 11.5 Å². The summed E-state index contributed by atoms with van der Waals surface area (Å²) in [5.74, 6) is 1.27. The molecule has 0 saturated heterocycles. The second-order valence-electron chi connectivity index (χ2n) is 5.60. The van der Waals surface area contributed by atoms with E-state index in [0.29, 0.717) is 24.7 Å². The molecule has 26 heavy (non-hydrogen) atoms. The van der Waals surface area contributed by atoms with Gasteiger partial charge in [-0.3, -0.25) is 4.79 Å². The first-order chi connectivity index (χ1) is 12.5. The number of ether oxygens (including phenoxy) is 2. The van der Waals surface area contributed by atoms with Crippen LogP contribution in [-0.2, 0) is 4.79 Å². The minimum Gasteiger partial charge on any atom is -0.490 e. The monoisotopic (exact) mass is 377 g/mol. The lowest BCUT2D eigenvalue weighted by atomic mass is 10.1. The fourth-order valence-electron chi connectivity index (χ4n) is 2.38. The quantitative estimate of drug-likeness (QED) is 0.649. The van der Waals surface area contributed by atoms with Gasteiger partial charge in [-0.15, -0.1) is 11.8 Å². The first kappa shape index (κ1) is 20.1.